The molecule has 0 fully saturated rings. The van der Waals surface area contributed by atoms with Gasteiger partial charge >= 0.3 is 5.76 Å². The Morgan fingerprint density at radius 3 is 2.84 bits per heavy atom. The largest absolute Gasteiger partial charge is 0.437 e. The molecule has 0 radical (unpaired) electrons. The van der Waals surface area contributed by atoms with Crippen molar-refractivity contribution in [2.75, 3.05) is 0 Å². The van der Waals surface area contributed by atoms with E-state index in [1.54, 1.807) is 23.5 Å². The van der Waals surface area contributed by atoms with Crippen LogP contribution in [0.3, 0.4) is 0 Å². The van der Waals surface area contributed by atoms with Gasteiger partial charge in [0.05, 0.1) is 24.5 Å². The van der Waals surface area contributed by atoms with Gasteiger partial charge in [0.2, 0.25) is 5.89 Å². The van der Waals surface area contributed by atoms with E-state index in [1.807, 2.05) is 44.2 Å². The molecule has 1 aliphatic heterocycles. The topological polar surface area (TPSA) is 99.8 Å². The maximum Gasteiger partial charge on any atom is 0.437 e. The summed E-state index contributed by atoms with van der Waals surface area (Å²) >= 11 is 0. The summed E-state index contributed by atoms with van der Waals surface area (Å²) in [6, 6.07) is 13.8. The second-order valence-corrected chi connectivity index (χ2v) is 7.40. The third kappa shape index (κ3) is 4.27. The molecule has 2 aromatic carbocycles. The molecule has 32 heavy (non-hydrogen) atoms. The zero-order valence-corrected chi connectivity index (χ0v) is 17.9. The van der Waals surface area contributed by atoms with E-state index < -0.39 is 5.76 Å². The van der Waals surface area contributed by atoms with E-state index in [4.69, 9.17) is 9.68 Å². The third-order valence-electron chi connectivity index (χ3n) is 5.29. The molecule has 0 aliphatic carbocycles. The Balaban J connectivity index is 1.45. The van der Waals surface area contributed by atoms with Crippen LogP contribution in [0, 0.1) is 11.3 Å². The summed E-state index contributed by atoms with van der Waals surface area (Å²) in [5.74, 6) is 0.392. The summed E-state index contributed by atoms with van der Waals surface area (Å²) in [7, 11) is 0. The molecule has 8 nitrogen and oxygen atoms in total. The van der Waals surface area contributed by atoms with Crippen LogP contribution in [0.5, 0.6) is 0 Å². The minimum absolute atomic E-state index is 0.248. The number of rotatable bonds is 6. The molecule has 0 amide bonds. The maximum absolute atomic E-state index is 12.3. The quantitative estimate of drug-likeness (QED) is 0.559. The molecule has 1 aliphatic rings. The van der Waals surface area contributed by atoms with E-state index in [9.17, 15) is 4.79 Å². The van der Waals surface area contributed by atoms with Gasteiger partial charge in [0.15, 0.2) is 5.82 Å². The standard InChI is InChI=1S/C24H22N6O2/c1-4-26-23-16(2)17(3)29(15-27-23)14-22-28-30(24(31)32-22)10-9-18-5-7-20-8-6-19(13-25)12-21(20)11-18/h4-8,11-12,15H,3,9-10,14H2,1-2H3/b26-4-. The average Bonchev–Trinajstić information content (AvgIpc) is 3.15. The van der Waals surface area contributed by atoms with E-state index in [2.05, 4.69) is 27.7 Å². The summed E-state index contributed by atoms with van der Waals surface area (Å²) in [6.45, 7) is 8.43. The molecule has 0 unspecified atom stereocenters. The SMILES string of the molecule is C=C1C(C)=C(/N=C\C)N=CN1Cc1nn(CCc2ccc3ccc(C#N)cc3c2)c(=O)o1. The molecule has 3 aromatic rings. The minimum Gasteiger partial charge on any atom is -0.390 e. The second-order valence-electron chi connectivity index (χ2n) is 7.40. The molecule has 8 heteroatoms. The first-order valence-corrected chi connectivity index (χ1v) is 10.2. The van der Waals surface area contributed by atoms with E-state index in [1.165, 1.54) is 4.68 Å². The summed E-state index contributed by atoms with van der Waals surface area (Å²) < 4.78 is 6.66. The Labute approximate surface area is 185 Å². The zero-order valence-electron chi connectivity index (χ0n) is 17.9. The van der Waals surface area contributed by atoms with Crippen molar-refractivity contribution in [3.8, 4) is 6.07 Å². The van der Waals surface area contributed by atoms with E-state index >= 15 is 0 Å². The normalized spacial score (nSPS) is 14.0. The van der Waals surface area contributed by atoms with Crippen LogP contribution in [-0.2, 0) is 19.5 Å². The van der Waals surface area contributed by atoms with Crippen LogP contribution < -0.4 is 5.76 Å². The van der Waals surface area contributed by atoms with E-state index in [-0.39, 0.29) is 12.4 Å². The highest BCUT2D eigenvalue weighted by Gasteiger charge is 2.19. The molecule has 0 saturated carbocycles. The number of hydrogen-bond donors (Lipinski definition) is 0. The Kier molecular flexibility index (Phi) is 5.81. The van der Waals surface area contributed by atoms with E-state index in [0.717, 1.165) is 27.6 Å². The van der Waals surface area contributed by atoms with Crippen LogP contribution in [0.4, 0.5) is 0 Å². The summed E-state index contributed by atoms with van der Waals surface area (Å²) in [5, 5.41) is 15.5. The van der Waals surface area contributed by atoms with Crippen LogP contribution in [0.25, 0.3) is 10.8 Å². The molecule has 0 bridgehead atoms. The van der Waals surface area contributed by atoms with Crippen molar-refractivity contribution in [2.24, 2.45) is 9.98 Å². The van der Waals surface area contributed by atoms with Crippen molar-refractivity contribution in [3.63, 3.8) is 0 Å². The van der Waals surface area contributed by atoms with E-state index in [0.29, 0.717) is 24.4 Å². The first kappa shape index (κ1) is 21.0. The van der Waals surface area contributed by atoms with Gasteiger partial charge in [0.1, 0.15) is 6.54 Å². The number of nitriles is 1. The number of benzene rings is 2. The fraction of sp³-hybridized carbons (Fsp3) is 0.208. The smallest absolute Gasteiger partial charge is 0.390 e. The fourth-order valence-corrected chi connectivity index (χ4v) is 3.48. The van der Waals surface area contributed by atoms with Crippen LogP contribution in [0.1, 0.15) is 30.9 Å². The molecule has 0 atom stereocenters. The van der Waals surface area contributed by atoms with Gasteiger partial charge in [-0.15, -0.1) is 5.10 Å². The molecule has 0 spiro atoms. The lowest BCUT2D eigenvalue weighted by molar-refractivity contribution is 0.392. The van der Waals surface area contributed by atoms with Gasteiger partial charge in [-0.2, -0.15) is 9.94 Å². The van der Waals surface area contributed by atoms with Gasteiger partial charge in [-0.25, -0.2) is 14.8 Å². The number of allylic oxidation sites excluding steroid dienone is 1. The van der Waals surface area contributed by atoms with Crippen molar-refractivity contribution in [3.05, 3.63) is 87.6 Å². The Morgan fingerprint density at radius 1 is 1.25 bits per heavy atom. The maximum atomic E-state index is 12.3. The van der Waals surface area contributed by atoms with Crippen molar-refractivity contribution in [1.29, 1.82) is 5.26 Å². The molecule has 2 heterocycles. The van der Waals surface area contributed by atoms with Crippen LogP contribution in [-0.4, -0.2) is 27.2 Å². The Morgan fingerprint density at radius 2 is 2.06 bits per heavy atom. The third-order valence-corrected chi connectivity index (χ3v) is 5.29. The second kappa shape index (κ2) is 8.86. The Hall–Kier alpha value is -4.25. The number of hydrogen-bond acceptors (Lipinski definition) is 7. The van der Waals surface area contributed by atoms with Crippen molar-refractivity contribution in [2.45, 2.75) is 33.4 Å². The number of aromatic nitrogens is 2. The first-order valence-electron chi connectivity index (χ1n) is 10.2. The number of aliphatic imine (C=N–C) groups is 2. The van der Waals surface area contributed by atoms with Crippen molar-refractivity contribution < 1.29 is 4.42 Å². The molecule has 160 valence electrons. The first-order chi connectivity index (χ1) is 15.5. The molecule has 0 N–H and O–H groups in total. The summed E-state index contributed by atoms with van der Waals surface area (Å²) in [4.78, 5) is 22.6. The number of fused-ring (bicyclic) bond motifs is 1. The van der Waals surface area contributed by atoms with Gasteiger partial charge in [0.25, 0.3) is 0 Å². The van der Waals surface area contributed by atoms with Crippen LogP contribution in [0.15, 0.2) is 79.3 Å². The highest BCUT2D eigenvalue weighted by Crippen LogP contribution is 2.23. The lowest BCUT2D eigenvalue weighted by atomic mass is 10.0. The lowest BCUT2D eigenvalue weighted by Crippen LogP contribution is -2.24. The lowest BCUT2D eigenvalue weighted by Gasteiger charge is -2.24. The van der Waals surface area contributed by atoms with Gasteiger partial charge in [-0.1, -0.05) is 30.8 Å². The zero-order chi connectivity index (χ0) is 22.7. The molecule has 1 aromatic heterocycles. The highest BCUT2D eigenvalue weighted by molar-refractivity contribution is 5.84. The van der Waals surface area contributed by atoms with Crippen molar-refractivity contribution in [1.82, 2.24) is 14.7 Å². The predicted molar refractivity (Wildman–Crippen MR) is 123 cm³/mol. The van der Waals surface area contributed by atoms with Crippen molar-refractivity contribution >= 4 is 23.3 Å². The van der Waals surface area contributed by atoms with Gasteiger partial charge in [-0.05, 0) is 48.7 Å². The highest BCUT2D eigenvalue weighted by atomic mass is 16.4. The summed E-state index contributed by atoms with van der Waals surface area (Å²) in [5.41, 5.74) is 3.24. The molecule has 0 saturated heterocycles. The monoisotopic (exact) mass is 426 g/mol. The summed E-state index contributed by atoms with van der Waals surface area (Å²) in [6.07, 6.45) is 3.90. The average molecular weight is 426 g/mol. The van der Waals surface area contributed by atoms with Gasteiger partial charge in [0, 0.05) is 17.5 Å². The molecular weight excluding hydrogens is 404 g/mol. The van der Waals surface area contributed by atoms with Crippen LogP contribution in [0.2, 0.25) is 0 Å². The molecule has 4 rings (SSSR count). The van der Waals surface area contributed by atoms with Gasteiger partial charge < -0.3 is 9.32 Å². The molecular formula is C24H22N6O2. The Bertz CT molecular complexity index is 1380. The minimum atomic E-state index is -0.504. The number of nitrogens with zero attached hydrogens (tertiary/aromatic N) is 6. The van der Waals surface area contributed by atoms with Gasteiger partial charge in [-0.3, -0.25) is 0 Å². The fourth-order valence-electron chi connectivity index (χ4n) is 3.48. The predicted octanol–water partition coefficient (Wildman–Crippen LogP) is 3.78. The van der Waals surface area contributed by atoms with Crippen LogP contribution >= 0.6 is 0 Å². The number of aryl methyl sites for hydroxylation is 2.